The van der Waals surface area contributed by atoms with Gasteiger partial charge in [-0.2, -0.15) is 0 Å². The monoisotopic (exact) mass is 327 g/mol. The van der Waals surface area contributed by atoms with Crippen LogP contribution in [0.2, 0.25) is 5.02 Å². The van der Waals surface area contributed by atoms with Gasteiger partial charge in [0.1, 0.15) is 5.69 Å². The topological polar surface area (TPSA) is 74.8 Å². The molecule has 1 aromatic heterocycles. The number of carbonyl (C=O) groups excluding carboxylic acids is 1. The van der Waals surface area contributed by atoms with E-state index in [1.54, 1.807) is 30.3 Å². The molecule has 0 saturated carbocycles. The van der Waals surface area contributed by atoms with Crippen LogP contribution >= 0.6 is 11.6 Å². The number of carbonyl (C=O) groups is 1. The summed E-state index contributed by atoms with van der Waals surface area (Å²) in [5.41, 5.74) is 2.02. The van der Waals surface area contributed by atoms with Crippen molar-refractivity contribution < 1.29 is 4.79 Å². The van der Waals surface area contributed by atoms with Gasteiger partial charge in [0.05, 0.1) is 21.7 Å². The van der Waals surface area contributed by atoms with E-state index >= 15 is 0 Å². The third kappa shape index (κ3) is 3.57. The molecular formula is C17H14ClN3O2. The van der Waals surface area contributed by atoms with Gasteiger partial charge >= 0.3 is 0 Å². The van der Waals surface area contributed by atoms with Crippen LogP contribution in [0.25, 0.3) is 11.0 Å². The van der Waals surface area contributed by atoms with Gasteiger partial charge in [-0.05, 0) is 24.3 Å². The Morgan fingerprint density at radius 1 is 1.13 bits per heavy atom. The molecule has 0 spiro atoms. The van der Waals surface area contributed by atoms with Gasteiger partial charge in [0.25, 0.3) is 5.56 Å². The van der Waals surface area contributed by atoms with Crippen LogP contribution in [0.3, 0.4) is 0 Å². The van der Waals surface area contributed by atoms with Gasteiger partial charge in [-0.15, -0.1) is 0 Å². The number of para-hydroxylation sites is 3. The van der Waals surface area contributed by atoms with Gasteiger partial charge in [0, 0.05) is 12.8 Å². The minimum absolute atomic E-state index is 0.152. The number of aryl methyl sites for hydroxylation is 1. The fourth-order valence-corrected chi connectivity index (χ4v) is 2.43. The average Bonchev–Trinajstić information content (AvgIpc) is 2.55. The predicted molar refractivity (Wildman–Crippen MR) is 90.8 cm³/mol. The summed E-state index contributed by atoms with van der Waals surface area (Å²) < 4.78 is 0. The second kappa shape index (κ2) is 6.62. The van der Waals surface area contributed by atoms with Gasteiger partial charge in [-0.25, -0.2) is 4.98 Å². The largest absolute Gasteiger partial charge is 0.325 e. The van der Waals surface area contributed by atoms with Crippen molar-refractivity contribution in [2.24, 2.45) is 0 Å². The highest BCUT2D eigenvalue weighted by Crippen LogP contribution is 2.20. The van der Waals surface area contributed by atoms with Gasteiger partial charge in [-0.1, -0.05) is 35.9 Å². The third-order valence-electron chi connectivity index (χ3n) is 3.41. The first-order valence-corrected chi connectivity index (χ1v) is 7.53. The Balaban J connectivity index is 1.71. The lowest BCUT2D eigenvalue weighted by Crippen LogP contribution is -2.19. The second-order valence-corrected chi connectivity index (χ2v) is 5.46. The minimum Gasteiger partial charge on any atom is -0.325 e. The summed E-state index contributed by atoms with van der Waals surface area (Å²) in [6, 6.07) is 14.3. The molecule has 0 aliphatic carbocycles. The van der Waals surface area contributed by atoms with E-state index in [4.69, 9.17) is 11.6 Å². The second-order valence-electron chi connectivity index (χ2n) is 5.06. The summed E-state index contributed by atoms with van der Waals surface area (Å²) >= 11 is 5.99. The highest BCUT2D eigenvalue weighted by Gasteiger charge is 2.09. The summed E-state index contributed by atoms with van der Waals surface area (Å²) in [6.45, 7) is 0. The normalized spacial score (nSPS) is 10.7. The highest BCUT2D eigenvalue weighted by molar-refractivity contribution is 6.33. The smallest absolute Gasteiger partial charge is 0.270 e. The Morgan fingerprint density at radius 2 is 1.87 bits per heavy atom. The summed E-state index contributed by atoms with van der Waals surface area (Å²) in [4.78, 5) is 31.1. The SMILES string of the molecule is O=C(CCc1nc2ccccc2[nH]c1=O)Nc1ccccc1Cl. The number of nitrogens with one attached hydrogen (secondary N) is 2. The number of benzene rings is 2. The van der Waals surface area contributed by atoms with Crippen LogP contribution in [0.1, 0.15) is 12.1 Å². The first-order valence-electron chi connectivity index (χ1n) is 7.16. The van der Waals surface area contributed by atoms with Crippen LogP contribution in [-0.4, -0.2) is 15.9 Å². The van der Waals surface area contributed by atoms with E-state index in [1.807, 2.05) is 18.2 Å². The van der Waals surface area contributed by atoms with Gasteiger partial charge in [-0.3, -0.25) is 9.59 Å². The number of aromatic amines is 1. The number of amides is 1. The average molecular weight is 328 g/mol. The lowest BCUT2D eigenvalue weighted by Gasteiger charge is -2.07. The van der Waals surface area contributed by atoms with Crippen molar-refractivity contribution in [3.63, 3.8) is 0 Å². The van der Waals surface area contributed by atoms with E-state index < -0.39 is 0 Å². The molecule has 0 radical (unpaired) electrons. The fourth-order valence-electron chi connectivity index (χ4n) is 2.24. The van der Waals surface area contributed by atoms with E-state index in [-0.39, 0.29) is 24.3 Å². The number of fused-ring (bicyclic) bond motifs is 1. The number of anilines is 1. The number of hydrogen-bond acceptors (Lipinski definition) is 3. The molecule has 3 aromatic rings. The number of hydrogen-bond donors (Lipinski definition) is 2. The number of rotatable bonds is 4. The van der Waals surface area contributed by atoms with Crippen LogP contribution in [0.4, 0.5) is 5.69 Å². The lowest BCUT2D eigenvalue weighted by atomic mass is 10.2. The molecule has 0 bridgehead atoms. The van der Waals surface area contributed by atoms with Crippen molar-refractivity contribution in [2.75, 3.05) is 5.32 Å². The van der Waals surface area contributed by atoms with E-state index in [9.17, 15) is 9.59 Å². The van der Waals surface area contributed by atoms with Crippen molar-refractivity contribution in [2.45, 2.75) is 12.8 Å². The van der Waals surface area contributed by atoms with Crippen LogP contribution < -0.4 is 10.9 Å². The minimum atomic E-state index is -0.269. The molecule has 23 heavy (non-hydrogen) atoms. The van der Waals surface area contributed by atoms with Crippen LogP contribution in [0.15, 0.2) is 53.3 Å². The first kappa shape index (κ1) is 15.2. The van der Waals surface area contributed by atoms with Gasteiger partial charge < -0.3 is 10.3 Å². The molecule has 0 saturated heterocycles. The Hall–Kier alpha value is -2.66. The number of halogens is 1. The van der Waals surface area contributed by atoms with E-state index in [1.165, 1.54) is 0 Å². The van der Waals surface area contributed by atoms with Crippen LogP contribution in [0, 0.1) is 0 Å². The van der Waals surface area contributed by atoms with Crippen molar-refractivity contribution in [1.29, 1.82) is 0 Å². The molecule has 0 unspecified atom stereocenters. The number of aromatic nitrogens is 2. The molecule has 0 atom stereocenters. The molecule has 5 nitrogen and oxygen atoms in total. The highest BCUT2D eigenvalue weighted by atomic mass is 35.5. The van der Waals surface area contributed by atoms with Crippen molar-refractivity contribution in [3.05, 3.63) is 69.6 Å². The molecule has 1 heterocycles. The Labute approximate surface area is 137 Å². The summed E-state index contributed by atoms with van der Waals surface area (Å²) in [5.74, 6) is -0.215. The maximum absolute atomic E-state index is 12.0. The van der Waals surface area contributed by atoms with Crippen molar-refractivity contribution >= 4 is 34.2 Å². The maximum atomic E-state index is 12.0. The predicted octanol–water partition coefficient (Wildman–Crippen LogP) is 3.15. The molecular weight excluding hydrogens is 314 g/mol. The zero-order valence-corrected chi connectivity index (χ0v) is 12.9. The van der Waals surface area contributed by atoms with Crippen molar-refractivity contribution in [1.82, 2.24) is 9.97 Å². The molecule has 0 aliphatic rings. The first-order chi connectivity index (χ1) is 11.1. The summed E-state index contributed by atoms with van der Waals surface area (Å²) in [5, 5.41) is 3.20. The number of nitrogens with zero attached hydrogens (tertiary/aromatic N) is 1. The molecule has 3 rings (SSSR count). The van der Waals surface area contributed by atoms with Gasteiger partial charge in [0.2, 0.25) is 5.91 Å². The summed E-state index contributed by atoms with van der Waals surface area (Å²) in [7, 11) is 0. The van der Waals surface area contributed by atoms with Crippen molar-refractivity contribution in [3.8, 4) is 0 Å². The third-order valence-corrected chi connectivity index (χ3v) is 3.74. The summed E-state index contributed by atoms with van der Waals surface area (Å²) in [6.07, 6.45) is 0.413. The Kier molecular flexibility index (Phi) is 4.39. The Morgan fingerprint density at radius 3 is 2.70 bits per heavy atom. The molecule has 1 amide bonds. The van der Waals surface area contributed by atoms with Gasteiger partial charge in [0.15, 0.2) is 0 Å². The Bertz CT molecular complexity index is 921. The molecule has 6 heteroatoms. The van der Waals surface area contributed by atoms with Crippen LogP contribution in [-0.2, 0) is 11.2 Å². The quantitative estimate of drug-likeness (QED) is 0.773. The standard InChI is InChI=1S/C17H14ClN3O2/c18-11-5-1-2-6-12(11)20-16(22)10-9-15-17(23)21-14-8-4-3-7-13(14)19-15/h1-8H,9-10H2,(H,20,22)(H,21,23). The van der Waals surface area contributed by atoms with E-state index in [2.05, 4.69) is 15.3 Å². The molecule has 2 N–H and O–H groups in total. The molecule has 0 aliphatic heterocycles. The molecule has 0 fully saturated rings. The molecule has 116 valence electrons. The van der Waals surface area contributed by atoms with Crippen LogP contribution in [0.5, 0.6) is 0 Å². The maximum Gasteiger partial charge on any atom is 0.270 e. The van der Waals surface area contributed by atoms with E-state index in [0.29, 0.717) is 27.4 Å². The molecule has 2 aromatic carbocycles. The number of H-pyrrole nitrogens is 1. The lowest BCUT2D eigenvalue weighted by molar-refractivity contribution is -0.116. The van der Waals surface area contributed by atoms with E-state index in [0.717, 1.165) is 0 Å². The zero-order valence-electron chi connectivity index (χ0n) is 12.2. The zero-order chi connectivity index (χ0) is 16.2. The fraction of sp³-hybridized carbons (Fsp3) is 0.118.